The molecule has 0 radical (unpaired) electrons. The van der Waals surface area contributed by atoms with Gasteiger partial charge in [0.05, 0.1) is 33.8 Å². The summed E-state index contributed by atoms with van der Waals surface area (Å²) in [4.78, 5) is 29.4. The molecule has 0 saturated heterocycles. The molecule has 0 aliphatic carbocycles. The summed E-state index contributed by atoms with van der Waals surface area (Å²) in [6.07, 6.45) is 0.872. The maximum atomic E-state index is 13.0. The molecule has 0 spiro atoms. The number of benzene rings is 3. The number of hydrogen-bond donors (Lipinski definition) is 1. The fraction of sp³-hybridized carbons (Fsp3) is 0.0870. The van der Waals surface area contributed by atoms with Crippen LogP contribution in [0.5, 0.6) is 0 Å². The van der Waals surface area contributed by atoms with Crippen molar-refractivity contribution >= 4 is 45.9 Å². The highest BCUT2D eigenvalue weighted by molar-refractivity contribution is 6.42. The zero-order valence-electron chi connectivity index (χ0n) is 16.2. The molecule has 156 valence electrons. The van der Waals surface area contributed by atoms with Gasteiger partial charge in [0.25, 0.3) is 5.56 Å². The number of ether oxygens (including phenoxy) is 1. The molecule has 6 nitrogen and oxygen atoms in total. The molecule has 0 fully saturated rings. The molecule has 0 aliphatic rings. The molecule has 1 N–H and O–H groups in total. The first-order valence-electron chi connectivity index (χ1n) is 9.40. The van der Waals surface area contributed by atoms with Crippen LogP contribution in [0.3, 0.4) is 0 Å². The number of amides is 1. The number of nitrogens with zero attached hydrogens (tertiary/aromatic N) is 2. The van der Waals surface area contributed by atoms with Crippen molar-refractivity contribution in [2.45, 2.75) is 13.2 Å². The van der Waals surface area contributed by atoms with E-state index in [2.05, 4.69) is 10.3 Å². The van der Waals surface area contributed by atoms with Gasteiger partial charge in [0.1, 0.15) is 6.61 Å². The predicted molar refractivity (Wildman–Crippen MR) is 122 cm³/mol. The van der Waals surface area contributed by atoms with Crippen LogP contribution in [0.15, 0.2) is 77.9 Å². The van der Waals surface area contributed by atoms with E-state index in [0.717, 1.165) is 11.1 Å². The summed E-state index contributed by atoms with van der Waals surface area (Å²) in [5, 5.41) is 3.89. The quantitative estimate of drug-likeness (QED) is 0.432. The first kappa shape index (κ1) is 20.9. The Morgan fingerprint density at radius 1 is 0.968 bits per heavy atom. The Hall–Kier alpha value is -3.35. The van der Waals surface area contributed by atoms with Crippen LogP contribution < -0.4 is 10.9 Å². The minimum absolute atomic E-state index is 0.151. The second-order valence-corrected chi connectivity index (χ2v) is 7.66. The number of hydrogen-bond acceptors (Lipinski definition) is 4. The van der Waals surface area contributed by atoms with E-state index in [0.29, 0.717) is 26.6 Å². The van der Waals surface area contributed by atoms with Crippen molar-refractivity contribution in [2.75, 3.05) is 5.32 Å². The van der Waals surface area contributed by atoms with Gasteiger partial charge in [-0.05, 0) is 41.5 Å². The van der Waals surface area contributed by atoms with E-state index in [4.69, 9.17) is 27.9 Å². The van der Waals surface area contributed by atoms with Gasteiger partial charge >= 0.3 is 6.09 Å². The van der Waals surface area contributed by atoms with E-state index < -0.39 is 6.09 Å². The van der Waals surface area contributed by atoms with Crippen molar-refractivity contribution in [2.24, 2.45) is 0 Å². The molecule has 0 saturated carbocycles. The number of rotatable bonds is 5. The lowest BCUT2D eigenvalue weighted by Gasteiger charge is -2.10. The molecule has 0 aliphatic heterocycles. The maximum Gasteiger partial charge on any atom is 0.411 e. The molecule has 3 aromatic carbocycles. The smallest absolute Gasteiger partial charge is 0.411 e. The Balaban J connectivity index is 1.52. The van der Waals surface area contributed by atoms with Crippen LogP contribution in [-0.4, -0.2) is 15.6 Å². The van der Waals surface area contributed by atoms with Crippen molar-refractivity contribution in [1.82, 2.24) is 9.55 Å². The standard InChI is InChI=1S/C23H17Cl2N3O3/c24-19-8-6-16(10-20(19)25)12-28-14-26-21-9-7-17(11-18(21)22(28)29)27-23(30)31-13-15-4-2-1-3-5-15/h1-11,14H,12-13H2,(H,27,30). The van der Waals surface area contributed by atoms with E-state index in [1.807, 2.05) is 30.3 Å². The summed E-state index contributed by atoms with van der Waals surface area (Å²) in [5.41, 5.74) is 2.43. The highest BCUT2D eigenvalue weighted by Gasteiger charge is 2.09. The molecule has 0 bridgehead atoms. The van der Waals surface area contributed by atoms with Gasteiger partial charge in [-0.2, -0.15) is 0 Å². The molecular weight excluding hydrogens is 437 g/mol. The summed E-state index contributed by atoms with van der Waals surface area (Å²) in [6.45, 7) is 0.438. The molecular formula is C23H17Cl2N3O3. The minimum Gasteiger partial charge on any atom is -0.444 e. The number of anilines is 1. The minimum atomic E-state index is -0.608. The topological polar surface area (TPSA) is 73.2 Å². The Morgan fingerprint density at radius 3 is 2.55 bits per heavy atom. The van der Waals surface area contributed by atoms with E-state index in [9.17, 15) is 9.59 Å². The summed E-state index contributed by atoms with van der Waals surface area (Å²) in [7, 11) is 0. The van der Waals surface area contributed by atoms with Crippen LogP contribution in [0.4, 0.5) is 10.5 Å². The van der Waals surface area contributed by atoms with Crippen LogP contribution in [0.1, 0.15) is 11.1 Å². The Kier molecular flexibility index (Phi) is 6.21. The molecule has 1 amide bonds. The lowest BCUT2D eigenvalue weighted by atomic mass is 10.2. The second-order valence-electron chi connectivity index (χ2n) is 6.84. The molecule has 4 rings (SSSR count). The van der Waals surface area contributed by atoms with Gasteiger partial charge in [-0.3, -0.25) is 14.7 Å². The van der Waals surface area contributed by atoms with Crippen molar-refractivity contribution in [3.05, 3.63) is 105 Å². The van der Waals surface area contributed by atoms with E-state index >= 15 is 0 Å². The Labute approximate surface area is 188 Å². The third-order valence-corrected chi connectivity index (χ3v) is 5.36. The van der Waals surface area contributed by atoms with Crippen LogP contribution >= 0.6 is 23.2 Å². The average Bonchev–Trinajstić information content (AvgIpc) is 2.78. The number of halogens is 2. The second kappa shape index (κ2) is 9.20. The lowest BCUT2D eigenvalue weighted by molar-refractivity contribution is 0.155. The largest absolute Gasteiger partial charge is 0.444 e. The number of carbonyl (C=O) groups excluding carboxylic acids is 1. The van der Waals surface area contributed by atoms with Crippen molar-refractivity contribution < 1.29 is 9.53 Å². The SMILES string of the molecule is O=C(Nc1ccc2ncn(Cc3ccc(Cl)c(Cl)c3)c(=O)c2c1)OCc1ccccc1. The molecule has 1 heterocycles. The van der Waals surface area contributed by atoms with Gasteiger partial charge in [0.2, 0.25) is 0 Å². The Bertz CT molecular complexity index is 1310. The Morgan fingerprint density at radius 2 is 1.77 bits per heavy atom. The lowest BCUT2D eigenvalue weighted by Crippen LogP contribution is -2.21. The highest BCUT2D eigenvalue weighted by Crippen LogP contribution is 2.23. The molecule has 0 unspecified atom stereocenters. The molecule has 0 atom stereocenters. The van der Waals surface area contributed by atoms with Crippen LogP contribution in [0.25, 0.3) is 10.9 Å². The first-order chi connectivity index (χ1) is 15.0. The van der Waals surface area contributed by atoms with Gasteiger partial charge in [-0.15, -0.1) is 0 Å². The number of nitrogens with one attached hydrogen (secondary N) is 1. The first-order valence-corrected chi connectivity index (χ1v) is 10.2. The summed E-state index contributed by atoms with van der Waals surface area (Å²) < 4.78 is 6.70. The van der Waals surface area contributed by atoms with Gasteiger partial charge in [-0.1, -0.05) is 59.6 Å². The van der Waals surface area contributed by atoms with Crippen LogP contribution in [-0.2, 0) is 17.9 Å². The molecule has 8 heteroatoms. The zero-order valence-corrected chi connectivity index (χ0v) is 17.7. The number of fused-ring (bicyclic) bond motifs is 1. The van der Waals surface area contributed by atoms with Crippen molar-refractivity contribution in [1.29, 1.82) is 0 Å². The number of aromatic nitrogens is 2. The third-order valence-electron chi connectivity index (χ3n) is 4.62. The van der Waals surface area contributed by atoms with E-state index in [1.165, 1.54) is 10.9 Å². The summed E-state index contributed by atoms with van der Waals surface area (Å²) >= 11 is 12.0. The van der Waals surface area contributed by atoms with Crippen LogP contribution in [0, 0.1) is 0 Å². The molecule has 1 aromatic heterocycles. The van der Waals surface area contributed by atoms with Gasteiger partial charge in [-0.25, -0.2) is 9.78 Å². The predicted octanol–water partition coefficient (Wildman–Crippen LogP) is 5.50. The van der Waals surface area contributed by atoms with Crippen molar-refractivity contribution in [3.63, 3.8) is 0 Å². The van der Waals surface area contributed by atoms with Gasteiger partial charge in [0, 0.05) is 5.69 Å². The van der Waals surface area contributed by atoms with Gasteiger partial charge < -0.3 is 4.74 Å². The number of carbonyl (C=O) groups is 1. The molecule has 31 heavy (non-hydrogen) atoms. The van der Waals surface area contributed by atoms with Crippen molar-refractivity contribution in [3.8, 4) is 0 Å². The summed E-state index contributed by atoms with van der Waals surface area (Å²) in [5.74, 6) is 0. The monoisotopic (exact) mass is 453 g/mol. The third kappa shape index (κ3) is 5.05. The molecule has 4 aromatic rings. The van der Waals surface area contributed by atoms with Gasteiger partial charge in [0.15, 0.2) is 0 Å². The van der Waals surface area contributed by atoms with E-state index in [-0.39, 0.29) is 18.7 Å². The fourth-order valence-electron chi connectivity index (χ4n) is 3.06. The maximum absolute atomic E-state index is 13.0. The fourth-order valence-corrected chi connectivity index (χ4v) is 3.38. The normalized spacial score (nSPS) is 10.8. The summed E-state index contributed by atoms with van der Waals surface area (Å²) in [6, 6.07) is 19.5. The zero-order chi connectivity index (χ0) is 21.8. The van der Waals surface area contributed by atoms with Crippen LogP contribution in [0.2, 0.25) is 10.0 Å². The highest BCUT2D eigenvalue weighted by atomic mass is 35.5. The average molecular weight is 454 g/mol. The van der Waals surface area contributed by atoms with E-state index in [1.54, 1.807) is 36.4 Å².